The van der Waals surface area contributed by atoms with Crippen LogP contribution < -0.4 is 0 Å². The summed E-state index contributed by atoms with van der Waals surface area (Å²) in [6.45, 7) is 0. The molecule has 1 aliphatic carbocycles. The quantitative estimate of drug-likeness (QED) is 0.736. The molecule has 0 spiro atoms. The number of aliphatic hydroxyl groups is 1. The molecule has 1 aromatic rings. The number of halogens is 1. The van der Waals surface area contributed by atoms with Gasteiger partial charge in [0, 0.05) is 0 Å². The summed E-state index contributed by atoms with van der Waals surface area (Å²) >= 11 is 0. The van der Waals surface area contributed by atoms with E-state index in [1.54, 1.807) is 12.1 Å². The molecule has 0 saturated carbocycles. The molecule has 1 aliphatic rings. The fourth-order valence-electron chi connectivity index (χ4n) is 2.03. The maximum Gasteiger partial charge on any atom is 0.126 e. The largest absolute Gasteiger partial charge is 0.384 e. The number of fused-ring (bicyclic) bond motifs is 1. The van der Waals surface area contributed by atoms with Gasteiger partial charge in [-0.05, 0) is 30.0 Å². The van der Waals surface area contributed by atoms with Gasteiger partial charge in [-0.3, -0.25) is 0 Å². The van der Waals surface area contributed by atoms with Crippen molar-refractivity contribution >= 4 is 0 Å². The van der Waals surface area contributed by atoms with Crippen molar-refractivity contribution in [3.8, 4) is 6.07 Å². The zero-order valence-electron chi connectivity index (χ0n) is 7.63. The highest BCUT2D eigenvalue weighted by Crippen LogP contribution is 2.39. The lowest BCUT2D eigenvalue weighted by Crippen LogP contribution is -2.21. The van der Waals surface area contributed by atoms with Crippen LogP contribution in [0.15, 0.2) is 18.2 Å². The third kappa shape index (κ3) is 1.19. The Morgan fingerprint density at radius 2 is 2.36 bits per heavy atom. The Hall–Kier alpha value is -1.40. The Morgan fingerprint density at radius 1 is 1.57 bits per heavy atom. The highest BCUT2D eigenvalue weighted by Gasteiger charge is 2.37. The predicted molar refractivity (Wildman–Crippen MR) is 48.8 cm³/mol. The lowest BCUT2D eigenvalue weighted by atomic mass is 9.93. The summed E-state index contributed by atoms with van der Waals surface area (Å²) in [5, 5.41) is 18.7. The number of rotatable bonds is 1. The van der Waals surface area contributed by atoms with Crippen molar-refractivity contribution in [2.75, 3.05) is 0 Å². The van der Waals surface area contributed by atoms with Gasteiger partial charge < -0.3 is 5.11 Å². The third-order valence-electron chi connectivity index (χ3n) is 2.78. The van der Waals surface area contributed by atoms with Crippen LogP contribution in [0, 0.1) is 17.1 Å². The van der Waals surface area contributed by atoms with Crippen molar-refractivity contribution < 1.29 is 9.50 Å². The molecular weight excluding hydrogens is 181 g/mol. The first kappa shape index (κ1) is 9.17. The first-order valence-corrected chi connectivity index (χ1v) is 4.54. The lowest BCUT2D eigenvalue weighted by Gasteiger charge is -2.20. The van der Waals surface area contributed by atoms with Crippen molar-refractivity contribution in [3.63, 3.8) is 0 Å². The number of hydrogen-bond donors (Lipinski definition) is 1. The molecule has 0 radical (unpaired) electrons. The Kier molecular flexibility index (Phi) is 2.01. The van der Waals surface area contributed by atoms with Crippen LogP contribution in [-0.2, 0) is 12.0 Å². The molecule has 0 amide bonds. The van der Waals surface area contributed by atoms with Gasteiger partial charge in [0.15, 0.2) is 0 Å². The first-order chi connectivity index (χ1) is 6.67. The van der Waals surface area contributed by atoms with E-state index in [0.29, 0.717) is 24.0 Å². The van der Waals surface area contributed by atoms with E-state index in [0.717, 1.165) is 0 Å². The smallest absolute Gasteiger partial charge is 0.126 e. The van der Waals surface area contributed by atoms with Crippen LogP contribution in [0.5, 0.6) is 0 Å². The fourth-order valence-corrected chi connectivity index (χ4v) is 2.03. The maximum atomic E-state index is 13.3. The molecule has 1 unspecified atom stereocenters. The standard InChI is InChI=1S/C11H10FNO/c12-10-3-1-2-9-8(10)4-5-11(9,14)6-7-13/h1-3,14H,4-6H2. The summed E-state index contributed by atoms with van der Waals surface area (Å²) in [6.07, 6.45) is 0.987. The monoisotopic (exact) mass is 191 g/mol. The van der Waals surface area contributed by atoms with E-state index in [-0.39, 0.29) is 12.2 Å². The van der Waals surface area contributed by atoms with Gasteiger partial charge in [-0.2, -0.15) is 5.26 Å². The van der Waals surface area contributed by atoms with Crippen LogP contribution in [0.2, 0.25) is 0 Å². The highest BCUT2D eigenvalue weighted by molar-refractivity contribution is 5.38. The zero-order valence-corrected chi connectivity index (χ0v) is 7.63. The minimum Gasteiger partial charge on any atom is -0.384 e. The van der Waals surface area contributed by atoms with Crippen LogP contribution in [0.3, 0.4) is 0 Å². The van der Waals surface area contributed by atoms with Crippen molar-refractivity contribution in [3.05, 3.63) is 35.1 Å². The predicted octanol–water partition coefficient (Wildman–Crippen LogP) is 1.87. The third-order valence-corrected chi connectivity index (χ3v) is 2.78. The van der Waals surface area contributed by atoms with E-state index < -0.39 is 5.60 Å². The van der Waals surface area contributed by atoms with E-state index in [1.807, 2.05) is 6.07 Å². The van der Waals surface area contributed by atoms with Gasteiger partial charge >= 0.3 is 0 Å². The second-order valence-electron chi connectivity index (χ2n) is 3.63. The molecule has 1 N–H and O–H groups in total. The summed E-state index contributed by atoms with van der Waals surface area (Å²) in [5.74, 6) is -0.281. The number of nitriles is 1. The highest BCUT2D eigenvalue weighted by atomic mass is 19.1. The first-order valence-electron chi connectivity index (χ1n) is 4.54. The van der Waals surface area contributed by atoms with Crippen LogP contribution in [0.4, 0.5) is 4.39 Å². The van der Waals surface area contributed by atoms with Gasteiger partial charge in [0.25, 0.3) is 0 Å². The molecule has 72 valence electrons. The van der Waals surface area contributed by atoms with Crippen LogP contribution in [-0.4, -0.2) is 5.11 Å². The molecule has 14 heavy (non-hydrogen) atoms. The number of benzene rings is 1. The molecule has 1 aromatic carbocycles. The Bertz CT molecular complexity index is 410. The number of nitrogens with zero attached hydrogens (tertiary/aromatic N) is 1. The minimum atomic E-state index is -1.13. The molecule has 2 nitrogen and oxygen atoms in total. The Balaban J connectivity index is 2.50. The zero-order chi connectivity index (χ0) is 10.2. The molecule has 2 rings (SSSR count). The van der Waals surface area contributed by atoms with Crippen LogP contribution >= 0.6 is 0 Å². The Labute approximate surface area is 81.6 Å². The molecular formula is C11H10FNO. The second kappa shape index (κ2) is 3.07. The molecule has 0 aliphatic heterocycles. The molecule has 1 atom stereocenters. The van der Waals surface area contributed by atoms with Gasteiger partial charge in [-0.15, -0.1) is 0 Å². The maximum absolute atomic E-state index is 13.3. The van der Waals surface area contributed by atoms with E-state index in [9.17, 15) is 9.50 Å². The van der Waals surface area contributed by atoms with Crippen molar-refractivity contribution in [2.45, 2.75) is 24.9 Å². The normalized spacial score (nSPS) is 24.4. The summed E-state index contributed by atoms with van der Waals surface area (Å²) in [4.78, 5) is 0. The summed E-state index contributed by atoms with van der Waals surface area (Å²) in [5.41, 5.74) is 0.0101. The fraction of sp³-hybridized carbons (Fsp3) is 0.364. The second-order valence-corrected chi connectivity index (χ2v) is 3.63. The van der Waals surface area contributed by atoms with E-state index in [1.165, 1.54) is 6.07 Å². The van der Waals surface area contributed by atoms with Crippen molar-refractivity contribution in [2.24, 2.45) is 0 Å². The summed E-state index contributed by atoms with van der Waals surface area (Å²) in [6, 6.07) is 6.59. The van der Waals surface area contributed by atoms with Crippen molar-refractivity contribution in [1.82, 2.24) is 0 Å². The number of hydrogen-bond acceptors (Lipinski definition) is 2. The van der Waals surface area contributed by atoms with Crippen molar-refractivity contribution in [1.29, 1.82) is 5.26 Å². The lowest BCUT2D eigenvalue weighted by molar-refractivity contribution is 0.0436. The minimum absolute atomic E-state index is 0.0312. The molecule has 0 fully saturated rings. The average Bonchev–Trinajstić information content (AvgIpc) is 2.47. The van der Waals surface area contributed by atoms with Gasteiger partial charge in [-0.25, -0.2) is 4.39 Å². The van der Waals surface area contributed by atoms with E-state index in [4.69, 9.17) is 5.26 Å². The van der Waals surface area contributed by atoms with Crippen LogP contribution in [0.1, 0.15) is 24.0 Å². The molecule has 0 saturated heterocycles. The molecule has 0 aromatic heterocycles. The molecule has 0 bridgehead atoms. The summed E-state index contributed by atoms with van der Waals surface area (Å²) in [7, 11) is 0. The summed E-state index contributed by atoms with van der Waals surface area (Å²) < 4.78 is 13.3. The SMILES string of the molecule is N#CCC1(O)CCc2c(F)cccc21. The van der Waals surface area contributed by atoms with Gasteiger partial charge in [0.2, 0.25) is 0 Å². The Morgan fingerprint density at radius 3 is 3.07 bits per heavy atom. The average molecular weight is 191 g/mol. The molecule has 3 heteroatoms. The molecule has 0 heterocycles. The van der Waals surface area contributed by atoms with E-state index in [2.05, 4.69) is 0 Å². The van der Waals surface area contributed by atoms with Gasteiger partial charge in [0.1, 0.15) is 11.4 Å². The van der Waals surface area contributed by atoms with Gasteiger partial charge in [0.05, 0.1) is 12.5 Å². The van der Waals surface area contributed by atoms with Crippen LogP contribution in [0.25, 0.3) is 0 Å². The van der Waals surface area contributed by atoms with Gasteiger partial charge in [-0.1, -0.05) is 12.1 Å². The topological polar surface area (TPSA) is 44.0 Å². The van der Waals surface area contributed by atoms with E-state index >= 15 is 0 Å².